The molecule has 0 heterocycles. The molecule has 2 aliphatic rings. The molecule has 2 aliphatic carbocycles. The van der Waals surface area contributed by atoms with Gasteiger partial charge in [-0.25, -0.2) is 4.39 Å². The minimum Gasteiger partial charge on any atom is -0.375 e. The van der Waals surface area contributed by atoms with Crippen molar-refractivity contribution in [2.75, 3.05) is 5.32 Å². The van der Waals surface area contributed by atoms with Gasteiger partial charge in [-0.1, -0.05) is 78.4 Å². The number of hydrogen-bond acceptors (Lipinski definition) is 1. The van der Waals surface area contributed by atoms with E-state index in [1.807, 2.05) is 60.7 Å². The van der Waals surface area contributed by atoms with Crippen molar-refractivity contribution >= 4 is 11.3 Å². The monoisotopic (exact) mass is 329 g/mol. The summed E-state index contributed by atoms with van der Waals surface area (Å²) in [5.41, 5.74) is 4.17. The number of nitrogens with one attached hydrogen (secondary N) is 1. The van der Waals surface area contributed by atoms with E-state index in [0.29, 0.717) is 0 Å². The van der Waals surface area contributed by atoms with Crippen LogP contribution in [0.5, 0.6) is 0 Å². The maximum atomic E-state index is 15.1. The predicted molar refractivity (Wildman–Crippen MR) is 103 cm³/mol. The maximum absolute atomic E-state index is 15.1. The number of benzene rings is 2. The highest BCUT2D eigenvalue weighted by Crippen LogP contribution is 2.37. The average molecular weight is 329 g/mol. The van der Waals surface area contributed by atoms with E-state index in [0.717, 1.165) is 23.2 Å². The van der Waals surface area contributed by atoms with Crippen LogP contribution in [0.15, 0.2) is 102 Å². The van der Waals surface area contributed by atoms with E-state index >= 15 is 4.39 Å². The second kappa shape index (κ2) is 6.94. The minimum atomic E-state index is -0.374. The molecule has 0 aromatic heterocycles. The largest absolute Gasteiger partial charge is 0.375 e. The number of para-hydroxylation sites is 1. The van der Waals surface area contributed by atoms with Crippen molar-refractivity contribution in [1.29, 1.82) is 0 Å². The normalized spacial score (nSPS) is 22.2. The first kappa shape index (κ1) is 15.6. The third-order valence-electron chi connectivity index (χ3n) is 4.74. The minimum absolute atomic E-state index is 0.00425. The summed E-state index contributed by atoms with van der Waals surface area (Å²) in [6, 6.07) is 19.5. The van der Waals surface area contributed by atoms with Crippen LogP contribution in [0, 0.1) is 5.92 Å². The Balaban J connectivity index is 1.69. The predicted octanol–water partition coefficient (Wildman–Crippen LogP) is 5.92. The zero-order valence-electron chi connectivity index (χ0n) is 13.9. The van der Waals surface area contributed by atoms with Crippen molar-refractivity contribution < 1.29 is 4.39 Å². The van der Waals surface area contributed by atoms with Crippen molar-refractivity contribution in [2.45, 2.75) is 12.5 Å². The van der Waals surface area contributed by atoms with Gasteiger partial charge in [0.2, 0.25) is 0 Å². The van der Waals surface area contributed by atoms with Crippen LogP contribution in [0.4, 0.5) is 10.1 Å². The van der Waals surface area contributed by atoms with Crippen LogP contribution in [-0.4, -0.2) is 6.04 Å². The van der Waals surface area contributed by atoms with Crippen molar-refractivity contribution in [3.63, 3.8) is 0 Å². The highest BCUT2D eigenvalue weighted by molar-refractivity contribution is 5.77. The summed E-state index contributed by atoms with van der Waals surface area (Å²) in [6.07, 6.45) is 11.0. The lowest BCUT2D eigenvalue weighted by molar-refractivity contribution is 0.504. The Morgan fingerprint density at radius 3 is 2.32 bits per heavy atom. The lowest BCUT2D eigenvalue weighted by Crippen LogP contribution is -2.32. The highest BCUT2D eigenvalue weighted by atomic mass is 19.1. The first-order valence-electron chi connectivity index (χ1n) is 8.63. The molecule has 2 atom stereocenters. The first-order chi connectivity index (χ1) is 12.3. The molecule has 0 fully saturated rings. The van der Waals surface area contributed by atoms with Crippen molar-refractivity contribution in [2.24, 2.45) is 5.92 Å². The Labute approximate surface area is 147 Å². The molecule has 0 saturated heterocycles. The lowest BCUT2D eigenvalue weighted by Gasteiger charge is -2.30. The molecule has 2 aromatic carbocycles. The van der Waals surface area contributed by atoms with Gasteiger partial charge >= 0.3 is 0 Å². The fourth-order valence-corrected chi connectivity index (χ4v) is 3.46. The molecule has 0 amide bonds. The zero-order chi connectivity index (χ0) is 17.1. The van der Waals surface area contributed by atoms with E-state index < -0.39 is 0 Å². The Hall–Kier alpha value is -2.87. The van der Waals surface area contributed by atoms with Crippen molar-refractivity contribution in [1.82, 2.24) is 0 Å². The van der Waals surface area contributed by atoms with Crippen LogP contribution in [0.1, 0.15) is 12.0 Å². The van der Waals surface area contributed by atoms with Crippen LogP contribution in [0.25, 0.3) is 5.57 Å². The second-order valence-corrected chi connectivity index (χ2v) is 6.40. The summed E-state index contributed by atoms with van der Waals surface area (Å²) in [5, 5.41) is 3.37. The zero-order valence-corrected chi connectivity index (χ0v) is 13.9. The van der Waals surface area contributed by atoms with E-state index in [-0.39, 0.29) is 17.8 Å². The summed E-state index contributed by atoms with van der Waals surface area (Å²) in [7, 11) is 0. The van der Waals surface area contributed by atoms with Crippen LogP contribution >= 0.6 is 0 Å². The molecular formula is C23H20FN. The number of halogens is 1. The number of allylic oxidation sites excluding steroid dienone is 5. The molecule has 0 saturated carbocycles. The van der Waals surface area contributed by atoms with E-state index in [4.69, 9.17) is 0 Å². The SMILES string of the molecule is FC1=CC(c2ccccc2)=CC(C2=CC=CC2)C1Nc1ccccc1. The molecule has 0 spiro atoms. The summed E-state index contributed by atoms with van der Waals surface area (Å²) < 4.78 is 15.1. The topological polar surface area (TPSA) is 12.0 Å². The second-order valence-electron chi connectivity index (χ2n) is 6.40. The van der Waals surface area contributed by atoms with E-state index in [1.54, 1.807) is 6.08 Å². The molecule has 4 rings (SSSR count). The number of hydrogen-bond donors (Lipinski definition) is 1. The molecule has 1 nitrogen and oxygen atoms in total. The van der Waals surface area contributed by atoms with Gasteiger partial charge in [0, 0.05) is 11.6 Å². The molecule has 0 bridgehead atoms. The van der Waals surface area contributed by atoms with Gasteiger partial charge < -0.3 is 5.32 Å². The van der Waals surface area contributed by atoms with Crippen LogP contribution in [0.3, 0.4) is 0 Å². The van der Waals surface area contributed by atoms with Gasteiger partial charge in [0.15, 0.2) is 0 Å². The molecule has 25 heavy (non-hydrogen) atoms. The van der Waals surface area contributed by atoms with Crippen molar-refractivity contribution in [3.8, 4) is 0 Å². The first-order valence-corrected chi connectivity index (χ1v) is 8.63. The number of anilines is 1. The summed E-state index contributed by atoms with van der Waals surface area (Å²) in [5.74, 6) is -0.126. The molecule has 0 radical (unpaired) electrons. The quantitative estimate of drug-likeness (QED) is 0.734. The average Bonchev–Trinajstić information content (AvgIpc) is 3.19. The Kier molecular flexibility index (Phi) is 4.34. The van der Waals surface area contributed by atoms with Gasteiger partial charge in [-0.15, -0.1) is 0 Å². The fraction of sp³-hybridized carbons (Fsp3) is 0.130. The van der Waals surface area contributed by atoms with Crippen LogP contribution in [-0.2, 0) is 0 Å². The lowest BCUT2D eigenvalue weighted by atomic mass is 9.82. The van der Waals surface area contributed by atoms with Gasteiger partial charge in [-0.3, -0.25) is 0 Å². The molecule has 2 aromatic rings. The van der Waals surface area contributed by atoms with E-state index in [1.165, 1.54) is 5.57 Å². The molecule has 2 heteroatoms. The van der Waals surface area contributed by atoms with E-state index in [9.17, 15) is 0 Å². The fourth-order valence-electron chi connectivity index (χ4n) is 3.46. The third kappa shape index (κ3) is 3.34. The molecule has 1 N–H and O–H groups in total. The van der Waals surface area contributed by atoms with Gasteiger partial charge in [0.05, 0.1) is 6.04 Å². The van der Waals surface area contributed by atoms with Crippen molar-refractivity contribution in [3.05, 3.63) is 108 Å². The molecule has 2 unspecified atom stereocenters. The molecular weight excluding hydrogens is 309 g/mol. The summed E-state index contributed by atoms with van der Waals surface area (Å²) in [6.45, 7) is 0. The van der Waals surface area contributed by atoms with E-state index in [2.05, 4.69) is 29.6 Å². The Morgan fingerprint density at radius 2 is 1.64 bits per heavy atom. The summed E-state index contributed by atoms with van der Waals surface area (Å²) >= 11 is 0. The van der Waals surface area contributed by atoms with Gasteiger partial charge in [0.1, 0.15) is 5.83 Å². The number of rotatable bonds is 4. The van der Waals surface area contributed by atoms with Gasteiger partial charge in [-0.2, -0.15) is 0 Å². The molecule has 0 aliphatic heterocycles. The summed E-state index contributed by atoms with van der Waals surface area (Å²) in [4.78, 5) is 0. The Morgan fingerprint density at radius 1 is 0.920 bits per heavy atom. The molecule has 124 valence electrons. The third-order valence-corrected chi connectivity index (χ3v) is 4.74. The van der Waals surface area contributed by atoms with Gasteiger partial charge in [0.25, 0.3) is 0 Å². The highest BCUT2D eigenvalue weighted by Gasteiger charge is 2.31. The van der Waals surface area contributed by atoms with Crippen LogP contribution in [0.2, 0.25) is 0 Å². The smallest absolute Gasteiger partial charge is 0.124 e. The van der Waals surface area contributed by atoms with Crippen LogP contribution < -0.4 is 5.32 Å². The van der Waals surface area contributed by atoms with Gasteiger partial charge in [-0.05, 0) is 35.8 Å². The standard InChI is InChI=1S/C23H20FN/c24-22-16-19(17-9-3-1-4-10-17)15-21(18-11-7-8-12-18)23(22)25-20-13-5-2-6-14-20/h1-11,13-16,21,23,25H,12H2. The Bertz CT molecular complexity index is 859. The maximum Gasteiger partial charge on any atom is 0.124 e.